The maximum atomic E-state index is 11.6. The zero-order valence-corrected chi connectivity index (χ0v) is 11.8. The van der Waals surface area contributed by atoms with Crippen molar-refractivity contribution in [3.05, 3.63) is 24.3 Å². The third kappa shape index (κ3) is 5.31. The lowest BCUT2D eigenvalue weighted by atomic mass is 10.3. The first-order valence-electron chi connectivity index (χ1n) is 5.19. The molecular formula is C11H13NO5S2. The second kappa shape index (κ2) is 6.58. The van der Waals surface area contributed by atoms with E-state index in [0.29, 0.717) is 0 Å². The lowest BCUT2D eigenvalue weighted by molar-refractivity contribution is -0.133. The van der Waals surface area contributed by atoms with Gasteiger partial charge in [0.25, 0.3) is 0 Å². The van der Waals surface area contributed by atoms with Crippen molar-refractivity contribution in [1.29, 1.82) is 0 Å². The summed E-state index contributed by atoms with van der Waals surface area (Å²) < 4.78 is 23.0. The Kier molecular flexibility index (Phi) is 5.37. The fourth-order valence-corrected chi connectivity index (χ4v) is 2.69. The number of amides is 1. The molecule has 0 fully saturated rings. The number of benzene rings is 1. The van der Waals surface area contributed by atoms with Crippen LogP contribution in [-0.2, 0) is 19.4 Å². The van der Waals surface area contributed by atoms with Crippen molar-refractivity contribution in [3.63, 3.8) is 0 Å². The van der Waals surface area contributed by atoms with E-state index in [0.717, 1.165) is 18.0 Å². The van der Waals surface area contributed by atoms with Crippen LogP contribution in [0.15, 0.2) is 29.2 Å². The molecule has 0 aliphatic carbocycles. The van der Waals surface area contributed by atoms with E-state index in [2.05, 4.69) is 5.32 Å². The average molecular weight is 303 g/mol. The van der Waals surface area contributed by atoms with Crippen molar-refractivity contribution in [1.82, 2.24) is 0 Å². The number of aliphatic carboxylic acids is 1. The molecule has 0 saturated carbocycles. The highest BCUT2D eigenvalue weighted by atomic mass is 32.2. The zero-order chi connectivity index (χ0) is 14.5. The van der Waals surface area contributed by atoms with Crippen molar-refractivity contribution in [2.75, 3.05) is 23.1 Å². The van der Waals surface area contributed by atoms with Crippen LogP contribution in [0.4, 0.5) is 5.69 Å². The van der Waals surface area contributed by atoms with Crippen molar-refractivity contribution in [2.45, 2.75) is 4.90 Å². The number of carbonyl (C=O) groups is 2. The van der Waals surface area contributed by atoms with Gasteiger partial charge in [-0.15, -0.1) is 11.8 Å². The van der Waals surface area contributed by atoms with Gasteiger partial charge >= 0.3 is 5.97 Å². The summed E-state index contributed by atoms with van der Waals surface area (Å²) in [6.07, 6.45) is 1.05. The molecule has 1 aromatic rings. The molecule has 0 aromatic heterocycles. The number of para-hydroxylation sites is 1. The summed E-state index contributed by atoms with van der Waals surface area (Å²) in [6.45, 7) is 0. The third-order valence-corrected chi connectivity index (χ3v) is 4.09. The second-order valence-corrected chi connectivity index (χ2v) is 6.67. The molecule has 1 aromatic carbocycles. The average Bonchev–Trinajstić information content (AvgIpc) is 2.27. The normalized spacial score (nSPS) is 11.0. The predicted octanol–water partition coefficient (Wildman–Crippen LogP) is 0.846. The molecule has 0 atom stereocenters. The molecule has 0 saturated heterocycles. The highest BCUT2D eigenvalue weighted by Crippen LogP contribution is 2.20. The number of carboxylic acid groups (broad SMARTS) is 1. The highest BCUT2D eigenvalue weighted by molar-refractivity contribution is 8.00. The van der Waals surface area contributed by atoms with Crippen molar-refractivity contribution in [2.24, 2.45) is 0 Å². The summed E-state index contributed by atoms with van der Waals surface area (Å²) in [5, 5.41) is 10.9. The van der Waals surface area contributed by atoms with E-state index in [9.17, 15) is 18.0 Å². The number of rotatable bonds is 6. The molecule has 0 spiro atoms. The minimum absolute atomic E-state index is 0.0339. The standard InChI is InChI=1S/C11H13NO5S2/c1-19(16,17)9-5-3-2-4-8(9)12-10(13)6-18-7-11(14)15/h2-5H,6-7H2,1H3,(H,12,13)(H,14,15). The Morgan fingerprint density at radius 3 is 2.47 bits per heavy atom. The van der Waals surface area contributed by atoms with Crippen LogP contribution < -0.4 is 5.32 Å². The van der Waals surface area contributed by atoms with Gasteiger partial charge in [0.15, 0.2) is 9.84 Å². The van der Waals surface area contributed by atoms with E-state index in [1.54, 1.807) is 12.1 Å². The summed E-state index contributed by atoms with van der Waals surface area (Å²) in [7, 11) is -3.43. The molecule has 0 aliphatic rings. The molecule has 0 unspecified atom stereocenters. The summed E-state index contributed by atoms with van der Waals surface area (Å²) in [6, 6.07) is 6.05. The number of nitrogens with one attached hydrogen (secondary N) is 1. The maximum Gasteiger partial charge on any atom is 0.313 e. The monoisotopic (exact) mass is 303 g/mol. The van der Waals surface area contributed by atoms with Crippen molar-refractivity contribution >= 4 is 39.2 Å². The summed E-state index contributed by atoms with van der Waals surface area (Å²) in [5.41, 5.74) is 0.200. The van der Waals surface area contributed by atoms with Crippen molar-refractivity contribution < 1.29 is 23.1 Å². The number of carbonyl (C=O) groups excluding carboxylic acids is 1. The van der Waals surface area contributed by atoms with Gasteiger partial charge < -0.3 is 10.4 Å². The van der Waals surface area contributed by atoms with Crippen LogP contribution in [0, 0.1) is 0 Å². The van der Waals surface area contributed by atoms with E-state index < -0.39 is 21.7 Å². The molecule has 8 heteroatoms. The largest absolute Gasteiger partial charge is 0.481 e. The molecule has 0 heterocycles. The number of anilines is 1. The summed E-state index contributed by atoms with van der Waals surface area (Å²) in [4.78, 5) is 21.9. The zero-order valence-electron chi connectivity index (χ0n) is 10.1. The quantitative estimate of drug-likeness (QED) is 0.808. The van der Waals surface area contributed by atoms with E-state index >= 15 is 0 Å². The molecule has 1 amide bonds. The Balaban J connectivity index is 2.72. The number of thioether (sulfide) groups is 1. The fourth-order valence-electron chi connectivity index (χ4n) is 1.31. The smallest absolute Gasteiger partial charge is 0.313 e. The van der Waals surface area contributed by atoms with Gasteiger partial charge in [-0.25, -0.2) is 8.42 Å². The Bertz CT molecular complexity index is 583. The van der Waals surface area contributed by atoms with E-state index in [1.165, 1.54) is 12.1 Å². The molecule has 2 N–H and O–H groups in total. The number of carboxylic acids is 1. The number of hydrogen-bond donors (Lipinski definition) is 2. The topological polar surface area (TPSA) is 101 Å². The fraction of sp³-hybridized carbons (Fsp3) is 0.273. The van der Waals surface area contributed by atoms with Crippen LogP contribution in [0.1, 0.15) is 0 Å². The first-order chi connectivity index (χ1) is 8.80. The molecule has 19 heavy (non-hydrogen) atoms. The Hall–Kier alpha value is -1.54. The lowest BCUT2D eigenvalue weighted by Crippen LogP contribution is -2.17. The third-order valence-electron chi connectivity index (χ3n) is 2.02. The predicted molar refractivity (Wildman–Crippen MR) is 73.1 cm³/mol. The van der Waals surface area contributed by atoms with Gasteiger partial charge in [-0.3, -0.25) is 9.59 Å². The van der Waals surface area contributed by atoms with E-state index in [4.69, 9.17) is 5.11 Å². The summed E-state index contributed by atoms with van der Waals surface area (Å²) >= 11 is 0.941. The molecule has 0 aliphatic heterocycles. The van der Waals surface area contributed by atoms with Gasteiger partial charge in [0.1, 0.15) is 0 Å². The van der Waals surface area contributed by atoms with Crippen LogP contribution in [-0.4, -0.2) is 43.2 Å². The first-order valence-corrected chi connectivity index (χ1v) is 8.24. The molecule has 104 valence electrons. The Morgan fingerprint density at radius 1 is 1.26 bits per heavy atom. The lowest BCUT2D eigenvalue weighted by Gasteiger charge is -2.09. The Labute approximate surface area is 115 Å². The molecule has 0 radical (unpaired) electrons. The van der Waals surface area contributed by atoms with Gasteiger partial charge in [-0.1, -0.05) is 12.1 Å². The van der Waals surface area contributed by atoms with Gasteiger partial charge in [0.05, 0.1) is 22.1 Å². The van der Waals surface area contributed by atoms with Gasteiger partial charge in [-0.05, 0) is 12.1 Å². The van der Waals surface area contributed by atoms with Gasteiger partial charge in [0.2, 0.25) is 5.91 Å². The number of sulfone groups is 1. The molecule has 6 nitrogen and oxygen atoms in total. The molecule has 1 rings (SSSR count). The highest BCUT2D eigenvalue weighted by Gasteiger charge is 2.14. The molecule has 0 bridgehead atoms. The van der Waals surface area contributed by atoms with Crippen LogP contribution in [0.5, 0.6) is 0 Å². The van der Waals surface area contributed by atoms with E-state index in [-0.39, 0.29) is 22.1 Å². The van der Waals surface area contributed by atoms with Crippen LogP contribution in [0.2, 0.25) is 0 Å². The van der Waals surface area contributed by atoms with Gasteiger partial charge in [0, 0.05) is 6.26 Å². The molecular weight excluding hydrogens is 290 g/mol. The minimum atomic E-state index is -3.43. The van der Waals surface area contributed by atoms with E-state index in [1.807, 2.05) is 0 Å². The van der Waals surface area contributed by atoms with Gasteiger partial charge in [-0.2, -0.15) is 0 Å². The maximum absolute atomic E-state index is 11.6. The summed E-state index contributed by atoms with van der Waals surface area (Å²) in [5.74, 6) is -1.68. The first kappa shape index (κ1) is 15.5. The van der Waals surface area contributed by atoms with Crippen LogP contribution in [0.3, 0.4) is 0 Å². The van der Waals surface area contributed by atoms with Crippen molar-refractivity contribution in [3.8, 4) is 0 Å². The van der Waals surface area contributed by atoms with Crippen LogP contribution in [0.25, 0.3) is 0 Å². The number of hydrogen-bond acceptors (Lipinski definition) is 5. The minimum Gasteiger partial charge on any atom is -0.481 e. The second-order valence-electron chi connectivity index (χ2n) is 3.70. The van der Waals surface area contributed by atoms with Crippen LogP contribution >= 0.6 is 11.8 Å². The Morgan fingerprint density at radius 2 is 1.89 bits per heavy atom. The SMILES string of the molecule is CS(=O)(=O)c1ccccc1NC(=O)CSCC(=O)O.